The second-order valence-electron chi connectivity index (χ2n) is 4.00. The summed E-state index contributed by atoms with van der Waals surface area (Å²) in [5, 5.41) is 11.4. The Morgan fingerprint density at radius 1 is 1.40 bits per heavy atom. The van der Waals surface area contributed by atoms with Gasteiger partial charge in [-0.15, -0.1) is 0 Å². The molecule has 20 heavy (non-hydrogen) atoms. The lowest BCUT2D eigenvalue weighted by atomic mass is 10.1. The molecule has 0 spiro atoms. The number of hydrogen-bond donors (Lipinski definition) is 3. The van der Waals surface area contributed by atoms with Gasteiger partial charge in [-0.05, 0) is 31.5 Å². The van der Waals surface area contributed by atoms with E-state index in [1.807, 2.05) is 0 Å². The van der Waals surface area contributed by atoms with Crippen molar-refractivity contribution in [3.05, 3.63) is 29.3 Å². The van der Waals surface area contributed by atoms with Gasteiger partial charge in [-0.2, -0.15) is 0 Å². The first-order valence-corrected chi connectivity index (χ1v) is 5.94. The summed E-state index contributed by atoms with van der Waals surface area (Å²) in [6, 6.07) is 2.97. The lowest BCUT2D eigenvalue weighted by Gasteiger charge is -2.13. The van der Waals surface area contributed by atoms with Crippen LogP contribution in [0.3, 0.4) is 0 Å². The molecule has 1 amide bonds. The summed E-state index contributed by atoms with van der Waals surface area (Å²) in [4.78, 5) is 34.1. The molecule has 0 saturated carbocycles. The van der Waals surface area contributed by atoms with Crippen LogP contribution < -0.4 is 11.1 Å². The minimum Gasteiger partial charge on any atom is -0.478 e. The molecule has 1 rings (SSSR count). The van der Waals surface area contributed by atoms with Crippen LogP contribution in [0.5, 0.6) is 0 Å². The van der Waals surface area contributed by atoms with Crippen molar-refractivity contribution in [2.75, 3.05) is 11.9 Å². The van der Waals surface area contributed by atoms with Gasteiger partial charge >= 0.3 is 11.9 Å². The van der Waals surface area contributed by atoms with Gasteiger partial charge < -0.3 is 20.9 Å². The molecule has 0 radical (unpaired) electrons. The maximum atomic E-state index is 11.8. The SMILES string of the molecule is CCOC(=O)C(N)C(=O)Nc1cccc(C(=O)O)c1C. The summed E-state index contributed by atoms with van der Waals surface area (Å²) in [5.41, 5.74) is 6.17. The van der Waals surface area contributed by atoms with Gasteiger partial charge in [-0.25, -0.2) is 9.59 Å². The molecule has 0 bridgehead atoms. The van der Waals surface area contributed by atoms with Crippen LogP contribution in [0.25, 0.3) is 0 Å². The van der Waals surface area contributed by atoms with Crippen molar-refractivity contribution in [2.45, 2.75) is 19.9 Å². The fourth-order valence-electron chi connectivity index (χ4n) is 1.55. The van der Waals surface area contributed by atoms with Crippen LogP contribution in [0.4, 0.5) is 5.69 Å². The molecule has 0 aliphatic heterocycles. The number of carbonyl (C=O) groups is 3. The highest BCUT2D eigenvalue weighted by Crippen LogP contribution is 2.19. The van der Waals surface area contributed by atoms with E-state index in [4.69, 9.17) is 10.8 Å². The second kappa shape index (κ2) is 6.67. The van der Waals surface area contributed by atoms with Crippen molar-refractivity contribution in [3.63, 3.8) is 0 Å². The van der Waals surface area contributed by atoms with Crippen molar-refractivity contribution < 1.29 is 24.2 Å². The predicted octanol–water partition coefficient (Wildman–Crippen LogP) is 0.522. The van der Waals surface area contributed by atoms with Gasteiger partial charge in [0.25, 0.3) is 5.91 Å². The number of aromatic carboxylic acids is 1. The highest BCUT2D eigenvalue weighted by molar-refractivity contribution is 6.08. The lowest BCUT2D eigenvalue weighted by molar-refractivity contribution is -0.146. The smallest absolute Gasteiger partial charge is 0.336 e. The van der Waals surface area contributed by atoms with Gasteiger partial charge in [0.1, 0.15) is 0 Å². The summed E-state index contributed by atoms with van der Waals surface area (Å²) in [7, 11) is 0. The molecule has 7 heteroatoms. The zero-order valence-electron chi connectivity index (χ0n) is 11.2. The molecule has 1 aromatic carbocycles. The third-order valence-electron chi connectivity index (χ3n) is 2.65. The van der Waals surface area contributed by atoms with Crippen LogP contribution in [0.1, 0.15) is 22.8 Å². The Hall–Kier alpha value is -2.41. The van der Waals surface area contributed by atoms with E-state index in [0.29, 0.717) is 5.56 Å². The third-order valence-corrected chi connectivity index (χ3v) is 2.65. The Morgan fingerprint density at radius 2 is 2.05 bits per heavy atom. The van der Waals surface area contributed by atoms with Crippen LogP contribution >= 0.6 is 0 Å². The number of amides is 1. The van der Waals surface area contributed by atoms with Gasteiger partial charge in [0.15, 0.2) is 6.04 Å². The number of ether oxygens (including phenoxy) is 1. The summed E-state index contributed by atoms with van der Waals surface area (Å²) in [5.74, 6) is -2.69. The van der Waals surface area contributed by atoms with Crippen molar-refractivity contribution in [3.8, 4) is 0 Å². The fourth-order valence-corrected chi connectivity index (χ4v) is 1.55. The fraction of sp³-hybridized carbons (Fsp3) is 0.308. The summed E-state index contributed by atoms with van der Waals surface area (Å²) < 4.78 is 4.64. The van der Waals surface area contributed by atoms with Crippen LogP contribution in [-0.2, 0) is 14.3 Å². The van der Waals surface area contributed by atoms with Crippen LogP contribution in [-0.4, -0.2) is 35.6 Å². The van der Waals surface area contributed by atoms with E-state index < -0.39 is 23.9 Å². The third kappa shape index (κ3) is 3.55. The molecule has 7 nitrogen and oxygen atoms in total. The molecule has 108 valence electrons. The Bertz CT molecular complexity index is 542. The molecule has 1 atom stereocenters. The molecule has 0 saturated heterocycles. The number of nitrogens with two attached hydrogens (primary N) is 1. The van der Waals surface area contributed by atoms with E-state index in [2.05, 4.69) is 10.1 Å². The van der Waals surface area contributed by atoms with E-state index in [1.165, 1.54) is 18.2 Å². The first kappa shape index (κ1) is 15.6. The summed E-state index contributed by atoms with van der Waals surface area (Å²) in [6.45, 7) is 3.27. The number of carboxylic acid groups (broad SMARTS) is 1. The predicted molar refractivity (Wildman–Crippen MR) is 71.4 cm³/mol. The van der Waals surface area contributed by atoms with E-state index in [0.717, 1.165) is 0 Å². The summed E-state index contributed by atoms with van der Waals surface area (Å²) >= 11 is 0. The molecule has 0 heterocycles. The quantitative estimate of drug-likeness (QED) is 0.534. The van der Waals surface area contributed by atoms with Crippen molar-refractivity contribution in [1.29, 1.82) is 0 Å². The summed E-state index contributed by atoms with van der Waals surface area (Å²) in [6.07, 6.45) is 0. The van der Waals surface area contributed by atoms with Crippen LogP contribution in [0.15, 0.2) is 18.2 Å². The lowest BCUT2D eigenvalue weighted by Crippen LogP contribution is -2.43. The van der Waals surface area contributed by atoms with Crippen LogP contribution in [0, 0.1) is 6.92 Å². The van der Waals surface area contributed by atoms with Crippen molar-refractivity contribution >= 4 is 23.5 Å². The first-order chi connectivity index (χ1) is 9.38. The topological polar surface area (TPSA) is 119 Å². The maximum absolute atomic E-state index is 11.8. The maximum Gasteiger partial charge on any atom is 0.336 e. The minimum absolute atomic E-state index is 0.0625. The number of rotatable bonds is 5. The monoisotopic (exact) mass is 280 g/mol. The number of carboxylic acids is 1. The average molecular weight is 280 g/mol. The molecule has 1 unspecified atom stereocenters. The Labute approximate surface area is 115 Å². The zero-order chi connectivity index (χ0) is 15.3. The van der Waals surface area contributed by atoms with Crippen LogP contribution in [0.2, 0.25) is 0 Å². The van der Waals surface area contributed by atoms with E-state index in [1.54, 1.807) is 13.8 Å². The molecule has 0 fully saturated rings. The number of anilines is 1. The van der Waals surface area contributed by atoms with Gasteiger partial charge in [0, 0.05) is 5.69 Å². The largest absolute Gasteiger partial charge is 0.478 e. The zero-order valence-corrected chi connectivity index (χ0v) is 11.2. The first-order valence-electron chi connectivity index (χ1n) is 5.94. The normalized spacial score (nSPS) is 11.6. The second-order valence-corrected chi connectivity index (χ2v) is 4.00. The number of esters is 1. The van der Waals surface area contributed by atoms with E-state index in [-0.39, 0.29) is 17.9 Å². The number of carbonyl (C=O) groups excluding carboxylic acids is 2. The Morgan fingerprint density at radius 3 is 2.60 bits per heavy atom. The van der Waals surface area contributed by atoms with Gasteiger partial charge in [0.05, 0.1) is 12.2 Å². The highest BCUT2D eigenvalue weighted by Gasteiger charge is 2.24. The molecular formula is C13H16N2O5. The molecule has 0 aliphatic rings. The minimum atomic E-state index is -1.46. The number of nitrogens with one attached hydrogen (secondary N) is 1. The van der Waals surface area contributed by atoms with E-state index >= 15 is 0 Å². The van der Waals surface area contributed by atoms with Gasteiger partial charge in [-0.1, -0.05) is 6.07 Å². The molecular weight excluding hydrogens is 264 g/mol. The van der Waals surface area contributed by atoms with Gasteiger partial charge in [0.2, 0.25) is 0 Å². The highest BCUT2D eigenvalue weighted by atomic mass is 16.5. The standard InChI is InChI=1S/C13H16N2O5/c1-3-20-13(19)10(14)11(16)15-9-6-4-5-8(7(9)2)12(17)18/h4-6,10H,3,14H2,1-2H3,(H,15,16)(H,17,18). The number of hydrogen-bond acceptors (Lipinski definition) is 5. The molecule has 0 aliphatic carbocycles. The van der Waals surface area contributed by atoms with E-state index in [9.17, 15) is 14.4 Å². The Balaban J connectivity index is 2.89. The van der Waals surface area contributed by atoms with Gasteiger partial charge in [-0.3, -0.25) is 4.79 Å². The molecule has 4 N–H and O–H groups in total. The average Bonchev–Trinajstić information content (AvgIpc) is 2.40. The molecule has 1 aromatic rings. The molecule has 0 aromatic heterocycles. The van der Waals surface area contributed by atoms with Crippen molar-refractivity contribution in [1.82, 2.24) is 0 Å². The Kier molecular flexibility index (Phi) is 5.22. The number of benzene rings is 1. The van der Waals surface area contributed by atoms with Crippen molar-refractivity contribution in [2.24, 2.45) is 5.73 Å².